The van der Waals surface area contributed by atoms with Gasteiger partial charge in [-0.15, -0.1) is 0 Å². The summed E-state index contributed by atoms with van der Waals surface area (Å²) in [7, 11) is 0. The number of esters is 1. The third kappa shape index (κ3) is 3.54. The molecule has 0 aliphatic rings. The fraction of sp³-hybridized carbons (Fsp3) is 0.357. The van der Waals surface area contributed by atoms with E-state index in [1.54, 1.807) is 6.08 Å². The molecule has 0 aromatic heterocycles. The van der Waals surface area contributed by atoms with Gasteiger partial charge in [0.15, 0.2) is 0 Å². The van der Waals surface area contributed by atoms with Crippen LogP contribution in [0.1, 0.15) is 32.3 Å². The summed E-state index contributed by atoms with van der Waals surface area (Å²) in [4.78, 5) is 11.8. The lowest BCUT2D eigenvalue weighted by molar-refractivity contribution is -0.136. The zero-order valence-electron chi connectivity index (χ0n) is 9.90. The van der Waals surface area contributed by atoms with Gasteiger partial charge < -0.3 is 4.74 Å². The molecule has 0 atom stereocenters. The fourth-order valence-corrected chi connectivity index (χ4v) is 1.41. The number of unbranched alkanes of at least 4 members (excludes halogenated alkanes) is 1. The van der Waals surface area contributed by atoms with E-state index >= 15 is 0 Å². The molecule has 0 spiro atoms. The van der Waals surface area contributed by atoms with E-state index in [2.05, 4.69) is 6.92 Å². The highest BCUT2D eigenvalue weighted by Gasteiger charge is 2.11. The maximum Gasteiger partial charge on any atom is 0.338 e. The van der Waals surface area contributed by atoms with Gasteiger partial charge in [0.25, 0.3) is 0 Å². The molecular weight excluding hydrogens is 200 g/mol. The summed E-state index contributed by atoms with van der Waals surface area (Å²) in [5, 5.41) is 0. The van der Waals surface area contributed by atoms with Crippen LogP contribution < -0.4 is 0 Å². The number of hydrogen-bond donors (Lipinski definition) is 0. The van der Waals surface area contributed by atoms with Crippen LogP contribution in [0.4, 0.5) is 0 Å². The van der Waals surface area contributed by atoms with Crippen LogP contribution in [0, 0.1) is 0 Å². The molecule has 1 aromatic carbocycles. The topological polar surface area (TPSA) is 26.3 Å². The van der Waals surface area contributed by atoms with Crippen LogP contribution in [0.25, 0.3) is 5.57 Å². The van der Waals surface area contributed by atoms with E-state index in [0.717, 1.165) is 18.4 Å². The average molecular weight is 218 g/mol. The van der Waals surface area contributed by atoms with Crippen molar-refractivity contribution in [2.75, 3.05) is 6.61 Å². The Balaban J connectivity index is 2.66. The fourth-order valence-electron chi connectivity index (χ4n) is 1.41. The maximum absolute atomic E-state index is 11.8. The minimum atomic E-state index is -0.234. The Bertz CT molecular complexity index is 352. The zero-order valence-corrected chi connectivity index (χ0v) is 9.90. The van der Waals surface area contributed by atoms with Crippen LogP contribution in [-0.4, -0.2) is 12.6 Å². The van der Waals surface area contributed by atoms with Gasteiger partial charge in [-0.2, -0.15) is 0 Å². The third-order valence-corrected chi connectivity index (χ3v) is 2.32. The maximum atomic E-state index is 11.8. The highest BCUT2D eigenvalue weighted by molar-refractivity contribution is 6.16. The van der Waals surface area contributed by atoms with E-state index in [-0.39, 0.29) is 5.97 Å². The first kappa shape index (κ1) is 12.5. The summed E-state index contributed by atoms with van der Waals surface area (Å²) < 4.78 is 5.18. The quantitative estimate of drug-likeness (QED) is 0.430. The number of ether oxygens (including phenoxy) is 1. The van der Waals surface area contributed by atoms with Crippen molar-refractivity contribution < 1.29 is 9.53 Å². The van der Waals surface area contributed by atoms with Crippen molar-refractivity contribution in [3.8, 4) is 0 Å². The minimum Gasteiger partial charge on any atom is -0.462 e. The summed E-state index contributed by atoms with van der Waals surface area (Å²) in [6, 6.07) is 9.59. The van der Waals surface area contributed by atoms with Gasteiger partial charge in [-0.1, -0.05) is 49.8 Å². The first-order chi connectivity index (χ1) is 7.79. The van der Waals surface area contributed by atoms with Crippen molar-refractivity contribution in [1.82, 2.24) is 0 Å². The van der Waals surface area contributed by atoms with Gasteiger partial charge in [0.1, 0.15) is 0 Å². The monoisotopic (exact) mass is 218 g/mol. The molecule has 2 nitrogen and oxygen atoms in total. The molecule has 0 amide bonds. The largest absolute Gasteiger partial charge is 0.462 e. The second-order valence-electron chi connectivity index (χ2n) is 3.56. The summed E-state index contributed by atoms with van der Waals surface area (Å²) in [6.45, 7) is 4.42. The van der Waals surface area contributed by atoms with Crippen LogP contribution in [0.3, 0.4) is 0 Å². The molecule has 1 aromatic rings. The molecule has 0 heterocycles. The van der Waals surface area contributed by atoms with Crippen molar-refractivity contribution in [3.05, 3.63) is 42.0 Å². The summed E-state index contributed by atoms with van der Waals surface area (Å²) in [6.07, 6.45) is 3.74. The van der Waals surface area contributed by atoms with E-state index in [4.69, 9.17) is 4.74 Å². The van der Waals surface area contributed by atoms with E-state index < -0.39 is 0 Å². The molecule has 0 N–H and O–H groups in total. The molecule has 0 fully saturated rings. The molecule has 0 saturated heterocycles. The number of carbonyl (C=O) groups excluding carboxylic acids is 1. The van der Waals surface area contributed by atoms with Gasteiger partial charge in [-0.05, 0) is 18.9 Å². The molecular formula is C14H18O2. The second kappa shape index (κ2) is 6.83. The molecule has 0 aliphatic heterocycles. The highest BCUT2D eigenvalue weighted by Crippen LogP contribution is 2.15. The SMILES string of the molecule is C/C=C(/C(=O)OCCCC)c1ccccc1. The molecule has 0 unspecified atom stereocenters. The number of hydrogen-bond acceptors (Lipinski definition) is 2. The van der Waals surface area contributed by atoms with Gasteiger partial charge in [-0.25, -0.2) is 4.79 Å². The lowest BCUT2D eigenvalue weighted by Gasteiger charge is -2.07. The first-order valence-electron chi connectivity index (χ1n) is 5.68. The normalized spacial score (nSPS) is 11.2. The Hall–Kier alpha value is -1.57. The Labute approximate surface area is 96.9 Å². The third-order valence-electron chi connectivity index (χ3n) is 2.32. The number of carbonyl (C=O) groups is 1. The van der Waals surface area contributed by atoms with Gasteiger partial charge in [0.2, 0.25) is 0 Å². The Morgan fingerprint density at radius 2 is 2.00 bits per heavy atom. The predicted molar refractivity (Wildman–Crippen MR) is 66.0 cm³/mol. The first-order valence-corrected chi connectivity index (χ1v) is 5.68. The number of benzene rings is 1. The van der Waals surface area contributed by atoms with Crippen LogP contribution in [0.5, 0.6) is 0 Å². The van der Waals surface area contributed by atoms with Crippen LogP contribution in [-0.2, 0) is 9.53 Å². The van der Waals surface area contributed by atoms with E-state index in [1.165, 1.54) is 0 Å². The van der Waals surface area contributed by atoms with E-state index in [0.29, 0.717) is 12.2 Å². The predicted octanol–water partition coefficient (Wildman–Crippen LogP) is 3.43. The van der Waals surface area contributed by atoms with Crippen molar-refractivity contribution in [3.63, 3.8) is 0 Å². The van der Waals surface area contributed by atoms with Crippen LogP contribution >= 0.6 is 0 Å². The summed E-state index contributed by atoms with van der Waals surface area (Å²) >= 11 is 0. The summed E-state index contributed by atoms with van der Waals surface area (Å²) in [5.74, 6) is -0.234. The van der Waals surface area contributed by atoms with Crippen molar-refractivity contribution >= 4 is 11.5 Å². The number of allylic oxidation sites excluding steroid dienone is 1. The van der Waals surface area contributed by atoms with Gasteiger partial charge in [0.05, 0.1) is 12.2 Å². The zero-order chi connectivity index (χ0) is 11.8. The van der Waals surface area contributed by atoms with Gasteiger partial charge in [0, 0.05) is 0 Å². The van der Waals surface area contributed by atoms with Crippen molar-refractivity contribution in [2.24, 2.45) is 0 Å². The highest BCUT2D eigenvalue weighted by atomic mass is 16.5. The molecule has 0 radical (unpaired) electrons. The van der Waals surface area contributed by atoms with E-state index in [9.17, 15) is 4.79 Å². The second-order valence-corrected chi connectivity index (χ2v) is 3.56. The van der Waals surface area contributed by atoms with Crippen LogP contribution in [0.2, 0.25) is 0 Å². The van der Waals surface area contributed by atoms with Crippen molar-refractivity contribution in [2.45, 2.75) is 26.7 Å². The molecule has 2 heteroatoms. The Morgan fingerprint density at radius 1 is 1.31 bits per heavy atom. The lowest BCUT2D eigenvalue weighted by Crippen LogP contribution is -2.08. The smallest absolute Gasteiger partial charge is 0.338 e. The molecule has 86 valence electrons. The standard InChI is InChI=1S/C14H18O2/c1-3-5-11-16-14(15)13(4-2)12-9-7-6-8-10-12/h4,6-10H,3,5,11H2,1-2H3/b13-4+. The summed E-state index contributed by atoms with van der Waals surface area (Å²) in [5.41, 5.74) is 1.54. The van der Waals surface area contributed by atoms with Gasteiger partial charge >= 0.3 is 5.97 Å². The Kier molecular flexibility index (Phi) is 5.34. The lowest BCUT2D eigenvalue weighted by atomic mass is 10.1. The van der Waals surface area contributed by atoms with Crippen molar-refractivity contribution in [1.29, 1.82) is 0 Å². The minimum absolute atomic E-state index is 0.234. The van der Waals surface area contributed by atoms with Crippen LogP contribution in [0.15, 0.2) is 36.4 Å². The molecule has 0 saturated carbocycles. The molecule has 0 bridgehead atoms. The van der Waals surface area contributed by atoms with E-state index in [1.807, 2.05) is 37.3 Å². The molecule has 0 aliphatic carbocycles. The number of rotatable bonds is 5. The average Bonchev–Trinajstić information content (AvgIpc) is 2.32. The molecule has 16 heavy (non-hydrogen) atoms. The molecule has 1 rings (SSSR count). The van der Waals surface area contributed by atoms with Gasteiger partial charge in [-0.3, -0.25) is 0 Å². The Morgan fingerprint density at radius 3 is 2.56 bits per heavy atom.